The average Bonchev–Trinajstić information content (AvgIpc) is 1.81. The molecule has 48 valence electrons. The molecular weight excluding hydrogens is 100 g/mol. The second-order valence-corrected chi connectivity index (χ2v) is 1.55. The maximum absolute atomic E-state index is 5.08. The highest BCUT2D eigenvalue weighted by molar-refractivity contribution is 4.75. The van der Waals surface area contributed by atoms with Crippen LogP contribution in [0.4, 0.5) is 0 Å². The Labute approximate surface area is 51.4 Å². The normalized spacial score (nSPS) is 10.8. The first-order valence-electron chi connectivity index (χ1n) is 3.10. The first-order valence-corrected chi connectivity index (χ1v) is 3.10. The van der Waals surface area contributed by atoms with E-state index >= 15 is 0 Å². The van der Waals surface area contributed by atoms with Gasteiger partial charge in [0.1, 0.15) is 0 Å². The Balaban J connectivity index is 2.72. The van der Waals surface area contributed by atoms with Crippen molar-refractivity contribution in [3.8, 4) is 0 Å². The van der Waals surface area contributed by atoms with Crippen LogP contribution in [0.3, 0.4) is 0 Å². The number of rotatable bonds is 4. The van der Waals surface area contributed by atoms with E-state index in [4.69, 9.17) is 4.74 Å². The Morgan fingerprint density at radius 2 is 2.25 bits per heavy atom. The Bertz CT molecular complexity index is 57.4. The number of hydrogen-bond donors (Lipinski definition) is 0. The maximum atomic E-state index is 5.08. The predicted molar refractivity (Wildman–Crippen MR) is 35.9 cm³/mol. The molecule has 0 rings (SSSR count). The highest BCUT2D eigenvalue weighted by Gasteiger charge is 1.76. The molecule has 0 radical (unpaired) electrons. The first kappa shape index (κ1) is 7.70. The lowest BCUT2D eigenvalue weighted by Crippen LogP contribution is -1.89. The van der Waals surface area contributed by atoms with Crippen LogP contribution >= 0.6 is 0 Å². The third kappa shape index (κ3) is 5.70. The quantitative estimate of drug-likeness (QED) is 0.401. The molecule has 0 aliphatic rings. The van der Waals surface area contributed by atoms with Crippen molar-refractivity contribution in [1.82, 2.24) is 0 Å². The largest absolute Gasteiger partial charge is 0.381 e. The van der Waals surface area contributed by atoms with E-state index in [0.717, 1.165) is 19.6 Å². The minimum absolute atomic E-state index is 0.831. The monoisotopic (exact) mass is 114 g/mol. The van der Waals surface area contributed by atoms with Crippen molar-refractivity contribution in [2.75, 3.05) is 13.2 Å². The fraction of sp³-hybridized carbons (Fsp3) is 0.714. The van der Waals surface area contributed by atoms with Crippen molar-refractivity contribution in [1.29, 1.82) is 0 Å². The lowest BCUT2D eigenvalue weighted by Gasteiger charge is -1.93. The van der Waals surface area contributed by atoms with Gasteiger partial charge >= 0.3 is 0 Å². The molecule has 0 aliphatic carbocycles. The summed E-state index contributed by atoms with van der Waals surface area (Å²) in [5.41, 5.74) is 0. The summed E-state index contributed by atoms with van der Waals surface area (Å²) in [7, 11) is 0. The number of hydrogen-bond acceptors (Lipinski definition) is 1. The van der Waals surface area contributed by atoms with E-state index in [2.05, 4.69) is 6.08 Å². The van der Waals surface area contributed by atoms with Gasteiger partial charge in [-0.2, -0.15) is 0 Å². The lowest BCUT2D eigenvalue weighted by atomic mass is 10.4. The Hall–Kier alpha value is -0.300. The van der Waals surface area contributed by atoms with Gasteiger partial charge in [-0.1, -0.05) is 12.2 Å². The summed E-state index contributed by atoms with van der Waals surface area (Å²) in [5, 5.41) is 0. The van der Waals surface area contributed by atoms with Crippen LogP contribution in [0.2, 0.25) is 0 Å². The smallest absolute Gasteiger partial charge is 0.0500 e. The van der Waals surface area contributed by atoms with Gasteiger partial charge in [0.2, 0.25) is 0 Å². The summed E-state index contributed by atoms with van der Waals surface area (Å²) in [6, 6.07) is 0. The van der Waals surface area contributed by atoms with Gasteiger partial charge in [0.15, 0.2) is 0 Å². The van der Waals surface area contributed by atoms with Gasteiger partial charge in [0.05, 0.1) is 0 Å². The summed E-state index contributed by atoms with van der Waals surface area (Å²) in [5.74, 6) is 0. The van der Waals surface area contributed by atoms with E-state index < -0.39 is 0 Å². The molecule has 1 nitrogen and oxygen atoms in total. The predicted octanol–water partition coefficient (Wildman–Crippen LogP) is 1.99. The molecule has 0 aliphatic heterocycles. The highest BCUT2D eigenvalue weighted by Crippen LogP contribution is 1.83. The fourth-order valence-corrected chi connectivity index (χ4v) is 0.462. The molecule has 0 N–H and O–H groups in total. The topological polar surface area (TPSA) is 9.23 Å². The fourth-order valence-electron chi connectivity index (χ4n) is 0.462. The van der Waals surface area contributed by atoms with Gasteiger partial charge < -0.3 is 4.74 Å². The molecule has 0 heterocycles. The van der Waals surface area contributed by atoms with E-state index in [0.29, 0.717) is 0 Å². The minimum atomic E-state index is 0.831. The van der Waals surface area contributed by atoms with Crippen LogP contribution < -0.4 is 0 Å². The summed E-state index contributed by atoms with van der Waals surface area (Å²) >= 11 is 0. The van der Waals surface area contributed by atoms with Crippen molar-refractivity contribution in [2.45, 2.75) is 20.3 Å². The van der Waals surface area contributed by atoms with Crippen LogP contribution in [-0.4, -0.2) is 13.2 Å². The van der Waals surface area contributed by atoms with Gasteiger partial charge in [0.25, 0.3) is 0 Å². The van der Waals surface area contributed by atoms with Crippen molar-refractivity contribution in [3.05, 3.63) is 12.2 Å². The second-order valence-electron chi connectivity index (χ2n) is 1.55. The molecule has 1 heteroatoms. The molecule has 0 aromatic heterocycles. The SMILES string of the molecule is CC=CCCOCC. The van der Waals surface area contributed by atoms with E-state index in [-0.39, 0.29) is 0 Å². The van der Waals surface area contributed by atoms with Crippen LogP contribution in [0.5, 0.6) is 0 Å². The molecule has 0 saturated heterocycles. The zero-order valence-electron chi connectivity index (χ0n) is 5.68. The average molecular weight is 114 g/mol. The van der Waals surface area contributed by atoms with Crippen LogP contribution in [0.15, 0.2) is 12.2 Å². The molecule has 0 atom stereocenters. The molecule has 0 saturated carbocycles. The molecular formula is C7H14O. The molecule has 8 heavy (non-hydrogen) atoms. The van der Waals surface area contributed by atoms with E-state index in [1.165, 1.54) is 0 Å². The molecule has 0 unspecified atom stereocenters. The summed E-state index contributed by atoms with van der Waals surface area (Å²) < 4.78 is 5.08. The molecule has 0 bridgehead atoms. The van der Waals surface area contributed by atoms with Crippen LogP contribution in [0.25, 0.3) is 0 Å². The van der Waals surface area contributed by atoms with Crippen LogP contribution in [-0.2, 0) is 4.74 Å². The van der Waals surface area contributed by atoms with E-state index in [1.54, 1.807) is 0 Å². The lowest BCUT2D eigenvalue weighted by molar-refractivity contribution is 0.152. The van der Waals surface area contributed by atoms with E-state index in [1.807, 2.05) is 19.9 Å². The number of allylic oxidation sites excluding steroid dienone is 1. The van der Waals surface area contributed by atoms with Gasteiger partial charge in [-0.05, 0) is 20.3 Å². The van der Waals surface area contributed by atoms with Crippen molar-refractivity contribution >= 4 is 0 Å². The van der Waals surface area contributed by atoms with Gasteiger partial charge in [-0.15, -0.1) is 0 Å². The van der Waals surface area contributed by atoms with Crippen molar-refractivity contribution in [2.24, 2.45) is 0 Å². The molecule has 0 amide bonds. The number of ether oxygens (including phenoxy) is 1. The third-order valence-corrected chi connectivity index (χ3v) is 0.869. The van der Waals surface area contributed by atoms with Crippen LogP contribution in [0.1, 0.15) is 20.3 Å². The third-order valence-electron chi connectivity index (χ3n) is 0.869. The Morgan fingerprint density at radius 1 is 1.50 bits per heavy atom. The standard InChI is InChI=1S/C7H14O/c1-3-5-6-7-8-4-2/h3,5H,4,6-7H2,1-2H3. The minimum Gasteiger partial charge on any atom is -0.381 e. The van der Waals surface area contributed by atoms with Crippen molar-refractivity contribution in [3.63, 3.8) is 0 Å². The van der Waals surface area contributed by atoms with Gasteiger partial charge in [-0.3, -0.25) is 0 Å². The Kier molecular flexibility index (Phi) is 6.45. The molecule has 0 spiro atoms. The highest BCUT2D eigenvalue weighted by atomic mass is 16.5. The van der Waals surface area contributed by atoms with Gasteiger partial charge in [0, 0.05) is 13.2 Å². The summed E-state index contributed by atoms with van der Waals surface area (Å²) in [6.07, 6.45) is 5.19. The van der Waals surface area contributed by atoms with E-state index in [9.17, 15) is 0 Å². The van der Waals surface area contributed by atoms with Crippen molar-refractivity contribution < 1.29 is 4.74 Å². The van der Waals surface area contributed by atoms with Crippen LogP contribution in [0, 0.1) is 0 Å². The Morgan fingerprint density at radius 3 is 2.75 bits per heavy atom. The zero-order valence-corrected chi connectivity index (χ0v) is 5.68. The molecule has 0 aromatic carbocycles. The molecule has 0 fully saturated rings. The van der Waals surface area contributed by atoms with Gasteiger partial charge in [-0.25, -0.2) is 0 Å². The maximum Gasteiger partial charge on any atom is 0.0500 e. The summed E-state index contributed by atoms with van der Waals surface area (Å²) in [4.78, 5) is 0. The second kappa shape index (κ2) is 6.70. The zero-order chi connectivity index (χ0) is 6.24. The molecule has 0 aromatic rings. The summed E-state index contributed by atoms with van der Waals surface area (Å²) in [6.45, 7) is 5.72. The first-order chi connectivity index (χ1) is 3.91.